The minimum atomic E-state index is -0.447. The molecular formula is C20H28FN5O3. The highest BCUT2D eigenvalue weighted by Crippen LogP contribution is 2.09. The number of likely N-dealkylation sites (tertiary alicyclic amines) is 1. The second-order valence-corrected chi connectivity index (χ2v) is 7.41. The van der Waals surface area contributed by atoms with Crippen LogP contribution in [0.15, 0.2) is 24.3 Å². The lowest BCUT2D eigenvalue weighted by atomic mass is 10.2. The number of urea groups is 1. The molecule has 0 radical (unpaired) electrons. The number of halogens is 1. The van der Waals surface area contributed by atoms with E-state index in [-0.39, 0.29) is 30.7 Å². The van der Waals surface area contributed by atoms with Crippen LogP contribution in [0.5, 0.6) is 0 Å². The number of nitrogens with one attached hydrogen (secondary N) is 2. The van der Waals surface area contributed by atoms with E-state index in [1.165, 1.54) is 12.1 Å². The first-order valence-electron chi connectivity index (χ1n) is 10.1. The summed E-state index contributed by atoms with van der Waals surface area (Å²) in [5.41, 5.74) is 0.771. The molecule has 1 aromatic carbocycles. The fourth-order valence-corrected chi connectivity index (χ4v) is 3.53. The van der Waals surface area contributed by atoms with E-state index in [1.54, 1.807) is 17.0 Å². The molecule has 2 fully saturated rings. The molecule has 2 saturated heterocycles. The molecule has 2 heterocycles. The second kappa shape index (κ2) is 10.2. The van der Waals surface area contributed by atoms with Crippen molar-refractivity contribution in [2.75, 3.05) is 52.4 Å². The average molecular weight is 405 g/mol. The van der Waals surface area contributed by atoms with Crippen molar-refractivity contribution in [2.24, 2.45) is 0 Å². The third kappa shape index (κ3) is 6.42. The van der Waals surface area contributed by atoms with Gasteiger partial charge in [0.25, 0.3) is 0 Å². The molecule has 0 saturated carbocycles. The Labute approximate surface area is 170 Å². The van der Waals surface area contributed by atoms with E-state index in [0.29, 0.717) is 32.7 Å². The smallest absolute Gasteiger partial charge is 0.315 e. The number of rotatable bonds is 6. The molecule has 0 atom stereocenters. The minimum absolute atomic E-state index is 0.0814. The molecule has 158 valence electrons. The Morgan fingerprint density at radius 3 is 2.10 bits per heavy atom. The number of piperazine rings is 1. The Bertz CT molecular complexity index is 713. The van der Waals surface area contributed by atoms with Crippen molar-refractivity contribution in [1.29, 1.82) is 0 Å². The lowest BCUT2D eigenvalue weighted by Gasteiger charge is -2.35. The Morgan fingerprint density at radius 1 is 0.828 bits per heavy atom. The van der Waals surface area contributed by atoms with Crippen molar-refractivity contribution < 1.29 is 18.8 Å². The summed E-state index contributed by atoms with van der Waals surface area (Å²) in [4.78, 5) is 42.1. The van der Waals surface area contributed by atoms with Crippen LogP contribution in [-0.4, -0.2) is 84.9 Å². The van der Waals surface area contributed by atoms with Crippen LogP contribution in [0.2, 0.25) is 0 Å². The van der Waals surface area contributed by atoms with Crippen molar-refractivity contribution in [3.8, 4) is 0 Å². The molecule has 9 heteroatoms. The van der Waals surface area contributed by atoms with Gasteiger partial charge in [-0.25, -0.2) is 9.18 Å². The lowest BCUT2D eigenvalue weighted by Crippen LogP contribution is -2.53. The van der Waals surface area contributed by atoms with Gasteiger partial charge in [0.05, 0.1) is 13.1 Å². The number of carbonyl (C=O) groups excluding carboxylic acids is 3. The third-order valence-electron chi connectivity index (χ3n) is 5.31. The van der Waals surface area contributed by atoms with Gasteiger partial charge < -0.3 is 20.4 Å². The number of carbonyl (C=O) groups is 3. The van der Waals surface area contributed by atoms with Gasteiger partial charge in [-0.2, -0.15) is 0 Å². The first-order valence-corrected chi connectivity index (χ1v) is 10.1. The summed E-state index contributed by atoms with van der Waals surface area (Å²) in [6.45, 7) is 4.69. The maximum atomic E-state index is 12.9. The summed E-state index contributed by atoms with van der Waals surface area (Å²) >= 11 is 0. The molecular weight excluding hydrogens is 377 g/mol. The van der Waals surface area contributed by atoms with Gasteiger partial charge in [0.2, 0.25) is 11.8 Å². The summed E-state index contributed by atoms with van der Waals surface area (Å²) in [5, 5.41) is 5.19. The maximum absolute atomic E-state index is 12.9. The maximum Gasteiger partial charge on any atom is 0.315 e. The molecule has 8 nitrogen and oxygen atoms in total. The van der Waals surface area contributed by atoms with Gasteiger partial charge in [0.1, 0.15) is 5.82 Å². The van der Waals surface area contributed by atoms with Gasteiger partial charge in [0, 0.05) is 45.8 Å². The van der Waals surface area contributed by atoms with E-state index in [0.717, 1.165) is 31.5 Å². The van der Waals surface area contributed by atoms with E-state index in [2.05, 4.69) is 15.5 Å². The van der Waals surface area contributed by atoms with E-state index < -0.39 is 6.03 Å². The quantitative estimate of drug-likeness (QED) is 0.717. The average Bonchev–Trinajstić information content (AvgIpc) is 3.27. The summed E-state index contributed by atoms with van der Waals surface area (Å²) in [5.74, 6) is -0.307. The lowest BCUT2D eigenvalue weighted by molar-refractivity contribution is -0.134. The fraction of sp³-hybridized carbons (Fsp3) is 0.550. The predicted molar refractivity (Wildman–Crippen MR) is 105 cm³/mol. The second-order valence-electron chi connectivity index (χ2n) is 7.41. The van der Waals surface area contributed by atoms with E-state index >= 15 is 0 Å². The summed E-state index contributed by atoms with van der Waals surface area (Å²) in [7, 11) is 0. The molecule has 29 heavy (non-hydrogen) atoms. The normalized spacial score (nSPS) is 17.3. The Morgan fingerprint density at radius 2 is 1.45 bits per heavy atom. The van der Waals surface area contributed by atoms with Gasteiger partial charge >= 0.3 is 6.03 Å². The largest absolute Gasteiger partial charge is 0.342 e. The summed E-state index contributed by atoms with van der Waals surface area (Å²) in [6, 6.07) is 5.40. The van der Waals surface area contributed by atoms with Crippen LogP contribution in [0.25, 0.3) is 0 Å². The number of hydrogen-bond acceptors (Lipinski definition) is 4. The zero-order chi connectivity index (χ0) is 20.6. The molecule has 0 aromatic heterocycles. The topological polar surface area (TPSA) is 85.0 Å². The Kier molecular flexibility index (Phi) is 7.40. The van der Waals surface area contributed by atoms with Crippen molar-refractivity contribution in [3.05, 3.63) is 35.6 Å². The van der Waals surface area contributed by atoms with Gasteiger partial charge in [-0.1, -0.05) is 12.1 Å². The van der Waals surface area contributed by atoms with E-state index in [4.69, 9.17) is 0 Å². The van der Waals surface area contributed by atoms with Crippen LogP contribution in [0, 0.1) is 5.82 Å². The third-order valence-corrected chi connectivity index (χ3v) is 5.31. The van der Waals surface area contributed by atoms with Crippen molar-refractivity contribution in [1.82, 2.24) is 25.3 Å². The predicted octanol–water partition coefficient (Wildman–Crippen LogP) is 0.392. The molecule has 2 N–H and O–H groups in total. The minimum Gasteiger partial charge on any atom is -0.342 e. The van der Waals surface area contributed by atoms with Crippen molar-refractivity contribution >= 4 is 17.8 Å². The van der Waals surface area contributed by atoms with Crippen LogP contribution in [0.4, 0.5) is 9.18 Å². The Balaban J connectivity index is 1.31. The number of hydrogen-bond donors (Lipinski definition) is 2. The Hall–Kier alpha value is -2.68. The molecule has 4 amide bonds. The highest BCUT2D eigenvalue weighted by Gasteiger charge is 2.25. The highest BCUT2D eigenvalue weighted by molar-refractivity contribution is 5.84. The summed E-state index contributed by atoms with van der Waals surface area (Å²) in [6.07, 6.45) is 2.16. The van der Waals surface area contributed by atoms with Gasteiger partial charge in [-0.15, -0.1) is 0 Å². The molecule has 0 spiro atoms. The monoisotopic (exact) mass is 405 g/mol. The van der Waals surface area contributed by atoms with Crippen LogP contribution >= 0.6 is 0 Å². The molecule has 1 aromatic rings. The zero-order valence-electron chi connectivity index (χ0n) is 16.5. The number of benzene rings is 1. The number of nitrogens with zero attached hydrogens (tertiary/aromatic N) is 3. The van der Waals surface area contributed by atoms with Crippen LogP contribution in [0.3, 0.4) is 0 Å². The standard InChI is InChI=1S/C20H28FN5O3/c21-17-5-3-16(4-6-17)13-22-20(29)23-14-18(27)26-11-9-24(10-12-26)15-19(28)25-7-1-2-8-25/h3-6H,1-2,7-15H2,(H2,22,23,29). The zero-order valence-corrected chi connectivity index (χ0v) is 16.5. The van der Waals surface area contributed by atoms with Crippen LogP contribution in [0.1, 0.15) is 18.4 Å². The van der Waals surface area contributed by atoms with Crippen LogP contribution < -0.4 is 10.6 Å². The van der Waals surface area contributed by atoms with Crippen LogP contribution in [-0.2, 0) is 16.1 Å². The molecule has 0 aliphatic carbocycles. The molecule has 2 aliphatic heterocycles. The summed E-state index contributed by atoms with van der Waals surface area (Å²) < 4.78 is 12.9. The SMILES string of the molecule is O=C(NCC(=O)N1CCN(CC(=O)N2CCCC2)CC1)NCc1ccc(F)cc1. The molecule has 3 rings (SSSR count). The molecule has 0 bridgehead atoms. The van der Waals surface area contributed by atoms with Gasteiger partial charge in [-0.3, -0.25) is 14.5 Å². The van der Waals surface area contributed by atoms with E-state index in [9.17, 15) is 18.8 Å². The van der Waals surface area contributed by atoms with Gasteiger partial charge in [-0.05, 0) is 30.5 Å². The molecule has 2 aliphatic rings. The first kappa shape index (κ1) is 21.0. The van der Waals surface area contributed by atoms with Crippen molar-refractivity contribution in [3.63, 3.8) is 0 Å². The number of amides is 4. The van der Waals surface area contributed by atoms with Crippen molar-refractivity contribution in [2.45, 2.75) is 19.4 Å². The fourth-order valence-electron chi connectivity index (χ4n) is 3.53. The highest BCUT2D eigenvalue weighted by atomic mass is 19.1. The van der Waals surface area contributed by atoms with Gasteiger partial charge in [0.15, 0.2) is 0 Å². The first-order chi connectivity index (χ1) is 14.0. The van der Waals surface area contributed by atoms with E-state index in [1.807, 2.05) is 4.90 Å². The molecule has 0 unspecified atom stereocenters.